The van der Waals surface area contributed by atoms with Crippen LogP contribution >= 0.6 is 0 Å². The van der Waals surface area contributed by atoms with Gasteiger partial charge in [0.2, 0.25) is 5.91 Å². The highest BCUT2D eigenvalue weighted by atomic mass is 16.5. The molecule has 4 nitrogen and oxygen atoms in total. The van der Waals surface area contributed by atoms with E-state index in [4.69, 9.17) is 10.5 Å². The van der Waals surface area contributed by atoms with Crippen LogP contribution < -0.4 is 11.1 Å². The topological polar surface area (TPSA) is 64.4 Å². The van der Waals surface area contributed by atoms with Gasteiger partial charge in [-0.25, -0.2) is 0 Å². The average molecular weight is 200 g/mol. The number of nitrogens with two attached hydrogens (primary N) is 1. The van der Waals surface area contributed by atoms with Crippen LogP contribution in [0.4, 0.5) is 0 Å². The van der Waals surface area contributed by atoms with E-state index in [1.807, 2.05) is 13.8 Å². The smallest absolute Gasteiger partial charge is 0.224 e. The Hall–Kier alpha value is -0.610. The van der Waals surface area contributed by atoms with Crippen LogP contribution in [0, 0.1) is 5.92 Å². The number of nitrogens with one attached hydrogen (secondary N) is 1. The summed E-state index contributed by atoms with van der Waals surface area (Å²) in [6.07, 6.45) is 2.10. The number of rotatable bonds is 4. The zero-order valence-corrected chi connectivity index (χ0v) is 9.01. The lowest BCUT2D eigenvalue weighted by Gasteiger charge is -2.24. The van der Waals surface area contributed by atoms with Crippen molar-refractivity contribution in [2.75, 3.05) is 19.7 Å². The quantitative estimate of drug-likeness (QED) is 0.684. The summed E-state index contributed by atoms with van der Waals surface area (Å²) in [7, 11) is 0. The maximum atomic E-state index is 11.4. The van der Waals surface area contributed by atoms with Crippen molar-refractivity contribution < 1.29 is 9.53 Å². The first kappa shape index (κ1) is 11.5. The second kappa shape index (κ2) is 4.75. The van der Waals surface area contributed by atoms with Crippen molar-refractivity contribution in [3.8, 4) is 0 Å². The Balaban J connectivity index is 2.29. The third-order valence-corrected chi connectivity index (χ3v) is 2.74. The van der Waals surface area contributed by atoms with E-state index in [1.165, 1.54) is 0 Å². The predicted molar refractivity (Wildman–Crippen MR) is 54.8 cm³/mol. The van der Waals surface area contributed by atoms with Gasteiger partial charge in [0, 0.05) is 25.6 Å². The summed E-state index contributed by atoms with van der Waals surface area (Å²) in [4.78, 5) is 11.4. The SMILES string of the molecule is CC(CN)C(=O)NCC1(C)CCCO1. The van der Waals surface area contributed by atoms with Gasteiger partial charge in [0.15, 0.2) is 0 Å². The van der Waals surface area contributed by atoms with Crippen LogP contribution in [-0.2, 0) is 9.53 Å². The molecule has 0 spiro atoms. The van der Waals surface area contributed by atoms with Crippen molar-refractivity contribution >= 4 is 5.91 Å². The molecule has 2 unspecified atom stereocenters. The Morgan fingerprint density at radius 3 is 2.93 bits per heavy atom. The van der Waals surface area contributed by atoms with Gasteiger partial charge in [-0.3, -0.25) is 4.79 Å². The van der Waals surface area contributed by atoms with Crippen molar-refractivity contribution in [1.29, 1.82) is 0 Å². The number of carbonyl (C=O) groups excluding carboxylic acids is 1. The molecule has 4 heteroatoms. The lowest BCUT2D eigenvalue weighted by atomic mass is 10.0. The van der Waals surface area contributed by atoms with Gasteiger partial charge in [0.25, 0.3) is 0 Å². The highest BCUT2D eigenvalue weighted by Crippen LogP contribution is 2.23. The number of ether oxygens (including phenoxy) is 1. The van der Waals surface area contributed by atoms with Crippen LogP contribution in [0.1, 0.15) is 26.7 Å². The van der Waals surface area contributed by atoms with Crippen molar-refractivity contribution in [1.82, 2.24) is 5.32 Å². The van der Waals surface area contributed by atoms with E-state index in [1.54, 1.807) is 0 Å². The molecule has 1 fully saturated rings. The van der Waals surface area contributed by atoms with E-state index in [2.05, 4.69) is 5.32 Å². The molecule has 0 aromatic heterocycles. The molecule has 1 heterocycles. The fraction of sp³-hybridized carbons (Fsp3) is 0.900. The molecule has 0 saturated carbocycles. The molecule has 3 N–H and O–H groups in total. The van der Waals surface area contributed by atoms with Gasteiger partial charge in [0.05, 0.1) is 5.60 Å². The molecule has 0 aliphatic carbocycles. The Kier molecular flexibility index (Phi) is 3.89. The second-order valence-electron chi connectivity index (χ2n) is 4.26. The van der Waals surface area contributed by atoms with E-state index in [9.17, 15) is 4.79 Å². The minimum Gasteiger partial charge on any atom is -0.373 e. The molecule has 0 radical (unpaired) electrons. The third kappa shape index (κ3) is 2.96. The summed E-state index contributed by atoms with van der Waals surface area (Å²) in [5, 5.41) is 2.87. The highest BCUT2D eigenvalue weighted by molar-refractivity contribution is 5.78. The van der Waals surface area contributed by atoms with Gasteiger partial charge in [-0.15, -0.1) is 0 Å². The van der Waals surface area contributed by atoms with Crippen LogP contribution in [0.15, 0.2) is 0 Å². The molecular weight excluding hydrogens is 180 g/mol. The minimum atomic E-state index is -0.163. The monoisotopic (exact) mass is 200 g/mol. The Bertz CT molecular complexity index is 200. The molecule has 0 aromatic carbocycles. The fourth-order valence-electron chi connectivity index (χ4n) is 1.53. The molecule has 1 saturated heterocycles. The predicted octanol–water partition coefficient (Wildman–Crippen LogP) is 0.267. The largest absolute Gasteiger partial charge is 0.373 e. The van der Waals surface area contributed by atoms with E-state index < -0.39 is 0 Å². The Morgan fingerprint density at radius 1 is 1.71 bits per heavy atom. The van der Waals surface area contributed by atoms with E-state index in [0.717, 1.165) is 19.4 Å². The maximum absolute atomic E-state index is 11.4. The van der Waals surface area contributed by atoms with E-state index in [-0.39, 0.29) is 17.4 Å². The van der Waals surface area contributed by atoms with Crippen LogP contribution in [0.3, 0.4) is 0 Å². The minimum absolute atomic E-state index is 0.0178. The van der Waals surface area contributed by atoms with Crippen LogP contribution in [0.2, 0.25) is 0 Å². The average Bonchev–Trinajstić information content (AvgIpc) is 2.61. The van der Waals surface area contributed by atoms with E-state index in [0.29, 0.717) is 13.1 Å². The van der Waals surface area contributed by atoms with Gasteiger partial charge >= 0.3 is 0 Å². The normalized spacial score (nSPS) is 28.8. The molecule has 0 aromatic rings. The summed E-state index contributed by atoms with van der Waals surface area (Å²) in [6, 6.07) is 0. The molecule has 1 aliphatic heterocycles. The molecule has 2 atom stereocenters. The fourth-order valence-corrected chi connectivity index (χ4v) is 1.53. The number of amides is 1. The third-order valence-electron chi connectivity index (χ3n) is 2.74. The van der Waals surface area contributed by atoms with Crippen LogP contribution in [0.5, 0.6) is 0 Å². The molecule has 82 valence electrons. The summed E-state index contributed by atoms with van der Waals surface area (Å²) in [5.74, 6) is -0.0933. The maximum Gasteiger partial charge on any atom is 0.224 e. The van der Waals surface area contributed by atoms with Crippen molar-refractivity contribution in [3.05, 3.63) is 0 Å². The first-order chi connectivity index (χ1) is 6.57. The second-order valence-corrected chi connectivity index (χ2v) is 4.26. The summed E-state index contributed by atoms with van der Waals surface area (Å²) >= 11 is 0. The summed E-state index contributed by atoms with van der Waals surface area (Å²) in [5.41, 5.74) is 5.23. The lowest BCUT2D eigenvalue weighted by molar-refractivity contribution is -0.125. The molecule has 1 amide bonds. The molecular formula is C10H20N2O2. The van der Waals surface area contributed by atoms with Crippen molar-refractivity contribution in [3.63, 3.8) is 0 Å². The van der Waals surface area contributed by atoms with Crippen molar-refractivity contribution in [2.24, 2.45) is 11.7 Å². The molecule has 14 heavy (non-hydrogen) atoms. The standard InChI is InChI=1S/C10H20N2O2/c1-8(6-11)9(13)12-7-10(2)4-3-5-14-10/h8H,3-7,11H2,1-2H3,(H,12,13). The first-order valence-corrected chi connectivity index (χ1v) is 5.19. The number of carbonyl (C=O) groups is 1. The number of hydrogen-bond acceptors (Lipinski definition) is 3. The zero-order valence-electron chi connectivity index (χ0n) is 9.01. The lowest BCUT2D eigenvalue weighted by Crippen LogP contribution is -2.43. The molecule has 0 bridgehead atoms. The van der Waals surface area contributed by atoms with Crippen LogP contribution in [-0.4, -0.2) is 31.2 Å². The molecule has 1 rings (SSSR count). The molecule has 1 aliphatic rings. The Morgan fingerprint density at radius 2 is 2.43 bits per heavy atom. The van der Waals surface area contributed by atoms with Gasteiger partial charge in [-0.1, -0.05) is 6.92 Å². The summed E-state index contributed by atoms with van der Waals surface area (Å²) in [6.45, 7) is 5.65. The highest BCUT2D eigenvalue weighted by Gasteiger charge is 2.30. The van der Waals surface area contributed by atoms with Gasteiger partial charge in [0.1, 0.15) is 0 Å². The first-order valence-electron chi connectivity index (χ1n) is 5.19. The van der Waals surface area contributed by atoms with Crippen molar-refractivity contribution in [2.45, 2.75) is 32.3 Å². The zero-order chi connectivity index (χ0) is 10.6. The van der Waals surface area contributed by atoms with Gasteiger partial charge < -0.3 is 15.8 Å². The Labute approximate surface area is 85.2 Å². The van der Waals surface area contributed by atoms with Gasteiger partial charge in [-0.05, 0) is 19.8 Å². The summed E-state index contributed by atoms with van der Waals surface area (Å²) < 4.78 is 5.56. The van der Waals surface area contributed by atoms with Gasteiger partial charge in [-0.2, -0.15) is 0 Å². The van der Waals surface area contributed by atoms with E-state index >= 15 is 0 Å². The van der Waals surface area contributed by atoms with Crippen LogP contribution in [0.25, 0.3) is 0 Å². The number of hydrogen-bond donors (Lipinski definition) is 2.